The van der Waals surface area contributed by atoms with Crippen LogP contribution in [0.4, 0.5) is 11.4 Å². The van der Waals surface area contributed by atoms with Gasteiger partial charge in [0, 0.05) is 29.9 Å². The summed E-state index contributed by atoms with van der Waals surface area (Å²) in [7, 11) is -3.98. The minimum Gasteiger partial charge on any atom is -0.325 e. The van der Waals surface area contributed by atoms with Crippen molar-refractivity contribution in [1.82, 2.24) is 4.72 Å². The van der Waals surface area contributed by atoms with Crippen molar-refractivity contribution in [1.29, 1.82) is 0 Å². The number of hydrogen-bond acceptors (Lipinski definition) is 5. The van der Waals surface area contributed by atoms with E-state index in [0.29, 0.717) is 30.6 Å². The van der Waals surface area contributed by atoms with Crippen LogP contribution in [0.2, 0.25) is 0 Å². The lowest BCUT2D eigenvalue weighted by molar-refractivity contribution is -0.119. The Morgan fingerprint density at radius 1 is 1.06 bits per heavy atom. The average molecular weight is 472 g/mol. The second-order valence-corrected chi connectivity index (χ2v) is 10.1. The van der Waals surface area contributed by atoms with Crippen LogP contribution in [0.5, 0.6) is 0 Å². The number of benzene rings is 2. The molecule has 176 valence electrons. The largest absolute Gasteiger partial charge is 0.325 e. The molecule has 1 atom stereocenters. The van der Waals surface area contributed by atoms with E-state index < -0.39 is 22.0 Å². The van der Waals surface area contributed by atoms with Crippen LogP contribution in [-0.2, 0) is 26.0 Å². The molecule has 2 N–H and O–H groups in total. The van der Waals surface area contributed by atoms with Crippen LogP contribution in [0.15, 0.2) is 47.4 Å². The van der Waals surface area contributed by atoms with Crippen molar-refractivity contribution < 1.29 is 22.8 Å². The van der Waals surface area contributed by atoms with Crippen LogP contribution in [0.3, 0.4) is 0 Å². The Bertz CT molecular complexity index is 1170. The lowest BCUT2D eigenvalue weighted by atomic mass is 10.0. The lowest BCUT2D eigenvalue weighted by Gasteiger charge is -2.22. The number of carbonyl (C=O) groups is 3. The molecule has 1 heterocycles. The van der Waals surface area contributed by atoms with E-state index in [0.717, 1.165) is 11.3 Å². The molecular weight excluding hydrogens is 442 g/mol. The van der Waals surface area contributed by atoms with E-state index in [9.17, 15) is 22.8 Å². The monoisotopic (exact) mass is 471 g/mol. The molecule has 0 spiro atoms. The third kappa shape index (κ3) is 5.48. The Morgan fingerprint density at radius 2 is 1.73 bits per heavy atom. The van der Waals surface area contributed by atoms with Crippen LogP contribution in [0, 0.1) is 5.92 Å². The second kappa shape index (κ2) is 9.84. The predicted octanol–water partition coefficient (Wildman–Crippen LogP) is 3.13. The fourth-order valence-corrected chi connectivity index (χ4v) is 5.13. The highest BCUT2D eigenvalue weighted by atomic mass is 32.2. The Kier molecular flexibility index (Phi) is 7.34. The van der Waals surface area contributed by atoms with Gasteiger partial charge in [0.1, 0.15) is 6.04 Å². The smallest absolute Gasteiger partial charge is 0.242 e. The van der Waals surface area contributed by atoms with E-state index in [-0.39, 0.29) is 22.5 Å². The number of Topliss-reactive ketones (excluding diaryl/α,β-unsaturated/α-hetero) is 1. The topological polar surface area (TPSA) is 113 Å². The highest BCUT2D eigenvalue weighted by Gasteiger charge is 2.30. The van der Waals surface area contributed by atoms with Gasteiger partial charge >= 0.3 is 0 Å². The van der Waals surface area contributed by atoms with Gasteiger partial charge in [-0.3, -0.25) is 14.4 Å². The zero-order valence-corrected chi connectivity index (χ0v) is 20.0. The van der Waals surface area contributed by atoms with Crippen molar-refractivity contribution in [3.05, 3.63) is 53.6 Å². The molecular formula is C24H29N3O5S. The van der Waals surface area contributed by atoms with Crippen LogP contribution in [-0.4, -0.2) is 38.6 Å². The molecule has 0 radical (unpaired) electrons. The first-order chi connectivity index (χ1) is 15.5. The van der Waals surface area contributed by atoms with Crippen molar-refractivity contribution >= 4 is 39.0 Å². The molecule has 0 saturated heterocycles. The van der Waals surface area contributed by atoms with Crippen molar-refractivity contribution in [2.75, 3.05) is 16.8 Å². The first kappa shape index (κ1) is 24.6. The Morgan fingerprint density at radius 3 is 2.30 bits per heavy atom. The summed E-state index contributed by atoms with van der Waals surface area (Å²) in [6.45, 7) is 7.27. The van der Waals surface area contributed by atoms with E-state index >= 15 is 0 Å². The molecule has 1 aliphatic rings. The number of amides is 2. The standard InChI is InChI=1S/C24H29N3O5S/c1-5-22(29)27-13-12-18-14-20(10-11-21(18)27)33(31,32)26-23(15(2)3)24(30)25-19-8-6-17(7-9-19)16(4)28/h6-11,14-15,23,26H,5,12-13H2,1-4H3,(H,25,30). The SMILES string of the molecule is CCC(=O)N1CCc2cc(S(=O)(=O)NC(C(=O)Nc3ccc(C(C)=O)cc3)C(C)C)ccc21. The summed E-state index contributed by atoms with van der Waals surface area (Å²) >= 11 is 0. The molecule has 9 heteroatoms. The zero-order valence-electron chi connectivity index (χ0n) is 19.2. The summed E-state index contributed by atoms with van der Waals surface area (Å²) in [6, 6.07) is 10.1. The molecule has 1 aliphatic heterocycles. The molecule has 0 aromatic heterocycles. The van der Waals surface area contributed by atoms with Crippen LogP contribution >= 0.6 is 0 Å². The number of carbonyl (C=O) groups excluding carboxylic acids is 3. The van der Waals surface area contributed by atoms with Gasteiger partial charge in [-0.1, -0.05) is 20.8 Å². The van der Waals surface area contributed by atoms with Gasteiger partial charge in [-0.15, -0.1) is 0 Å². The number of rotatable bonds is 8. The number of anilines is 2. The summed E-state index contributed by atoms with van der Waals surface area (Å²) in [6.07, 6.45) is 0.957. The van der Waals surface area contributed by atoms with Gasteiger partial charge in [0.2, 0.25) is 21.8 Å². The fourth-order valence-electron chi connectivity index (χ4n) is 3.73. The van der Waals surface area contributed by atoms with Gasteiger partial charge in [0.25, 0.3) is 0 Å². The number of sulfonamides is 1. The minimum absolute atomic E-state index is 0.00430. The van der Waals surface area contributed by atoms with Gasteiger partial charge in [0.15, 0.2) is 5.78 Å². The van der Waals surface area contributed by atoms with Gasteiger partial charge in [-0.05, 0) is 67.3 Å². The normalized spacial score (nSPS) is 14.2. The predicted molar refractivity (Wildman–Crippen MR) is 127 cm³/mol. The summed E-state index contributed by atoms with van der Waals surface area (Å²) in [5, 5.41) is 2.71. The van der Waals surface area contributed by atoms with Crippen molar-refractivity contribution in [2.24, 2.45) is 5.92 Å². The summed E-state index contributed by atoms with van der Waals surface area (Å²) < 4.78 is 28.7. The van der Waals surface area contributed by atoms with E-state index in [1.807, 2.05) is 0 Å². The van der Waals surface area contributed by atoms with Crippen molar-refractivity contribution in [3.63, 3.8) is 0 Å². The molecule has 0 bridgehead atoms. The molecule has 8 nitrogen and oxygen atoms in total. The zero-order chi connectivity index (χ0) is 24.3. The quantitative estimate of drug-likeness (QED) is 0.575. The first-order valence-electron chi connectivity index (χ1n) is 10.9. The summed E-state index contributed by atoms with van der Waals surface area (Å²) in [5.74, 6) is -0.902. The van der Waals surface area contributed by atoms with Gasteiger partial charge < -0.3 is 10.2 Å². The Labute approximate surface area is 194 Å². The molecule has 2 amide bonds. The second-order valence-electron chi connectivity index (χ2n) is 8.41. The van der Waals surface area contributed by atoms with E-state index in [1.54, 1.807) is 62.1 Å². The van der Waals surface area contributed by atoms with E-state index in [2.05, 4.69) is 10.0 Å². The molecule has 3 rings (SSSR count). The van der Waals surface area contributed by atoms with Gasteiger partial charge in [-0.2, -0.15) is 4.72 Å². The third-order valence-electron chi connectivity index (χ3n) is 5.65. The molecule has 2 aromatic carbocycles. The number of nitrogens with one attached hydrogen (secondary N) is 2. The highest BCUT2D eigenvalue weighted by Crippen LogP contribution is 2.31. The van der Waals surface area contributed by atoms with Gasteiger partial charge in [0.05, 0.1) is 4.90 Å². The average Bonchev–Trinajstić information content (AvgIpc) is 3.20. The number of hydrogen-bond donors (Lipinski definition) is 2. The Balaban J connectivity index is 1.78. The summed E-state index contributed by atoms with van der Waals surface area (Å²) in [5.41, 5.74) is 2.50. The van der Waals surface area contributed by atoms with Crippen LogP contribution in [0.25, 0.3) is 0 Å². The van der Waals surface area contributed by atoms with Gasteiger partial charge in [-0.25, -0.2) is 8.42 Å². The van der Waals surface area contributed by atoms with Crippen LogP contribution < -0.4 is 14.9 Å². The fraction of sp³-hybridized carbons (Fsp3) is 0.375. The lowest BCUT2D eigenvalue weighted by Crippen LogP contribution is -2.47. The maximum Gasteiger partial charge on any atom is 0.242 e. The highest BCUT2D eigenvalue weighted by molar-refractivity contribution is 7.89. The molecule has 0 aliphatic carbocycles. The molecule has 0 saturated carbocycles. The maximum atomic E-state index is 13.1. The number of ketones is 1. The molecule has 2 aromatic rings. The Hall–Kier alpha value is -3.04. The minimum atomic E-state index is -3.98. The first-order valence-corrected chi connectivity index (χ1v) is 12.4. The van der Waals surface area contributed by atoms with Crippen molar-refractivity contribution in [2.45, 2.75) is 51.5 Å². The third-order valence-corrected chi connectivity index (χ3v) is 7.09. The van der Waals surface area contributed by atoms with E-state index in [4.69, 9.17) is 0 Å². The van der Waals surface area contributed by atoms with E-state index in [1.165, 1.54) is 13.0 Å². The molecule has 33 heavy (non-hydrogen) atoms. The maximum absolute atomic E-state index is 13.1. The summed E-state index contributed by atoms with van der Waals surface area (Å²) in [4.78, 5) is 38.1. The number of fused-ring (bicyclic) bond motifs is 1. The number of nitrogens with zero attached hydrogens (tertiary/aromatic N) is 1. The van der Waals surface area contributed by atoms with Crippen LogP contribution in [0.1, 0.15) is 50.0 Å². The molecule has 0 fully saturated rings. The van der Waals surface area contributed by atoms with Crippen molar-refractivity contribution in [3.8, 4) is 0 Å². The molecule has 1 unspecified atom stereocenters.